The summed E-state index contributed by atoms with van der Waals surface area (Å²) in [6.07, 6.45) is 4.68. The summed E-state index contributed by atoms with van der Waals surface area (Å²) in [5.74, 6) is 0. The summed E-state index contributed by atoms with van der Waals surface area (Å²) < 4.78 is 1.40. The molecule has 0 saturated carbocycles. The number of aryl methyl sites for hydroxylation is 1. The van der Waals surface area contributed by atoms with Crippen LogP contribution in [0.15, 0.2) is 15.8 Å². The van der Waals surface area contributed by atoms with Crippen molar-refractivity contribution in [3.8, 4) is 6.07 Å². The lowest BCUT2D eigenvalue weighted by Crippen LogP contribution is -2.32. The van der Waals surface area contributed by atoms with Crippen LogP contribution >= 0.6 is 0 Å². The van der Waals surface area contributed by atoms with Gasteiger partial charge in [-0.2, -0.15) is 5.26 Å². The standard InChI is InChI=1S/C12H16N4O2/c13-8-10-9-16(12(18)14-11(10)17)7-3-6-15-4-1-2-5-15/h9H,1-7H2,(H,14,17,18). The van der Waals surface area contributed by atoms with E-state index in [1.165, 1.54) is 23.6 Å². The third kappa shape index (κ3) is 2.87. The number of nitriles is 1. The Labute approximate surface area is 104 Å². The summed E-state index contributed by atoms with van der Waals surface area (Å²) >= 11 is 0. The van der Waals surface area contributed by atoms with Crippen LogP contribution in [0.5, 0.6) is 0 Å². The average Bonchev–Trinajstić information content (AvgIpc) is 2.85. The zero-order valence-corrected chi connectivity index (χ0v) is 10.2. The maximum Gasteiger partial charge on any atom is 0.328 e. The lowest BCUT2D eigenvalue weighted by molar-refractivity contribution is 0.324. The molecule has 0 aromatic carbocycles. The van der Waals surface area contributed by atoms with Gasteiger partial charge in [0.15, 0.2) is 0 Å². The molecule has 1 aliphatic rings. The van der Waals surface area contributed by atoms with Crippen molar-refractivity contribution in [2.24, 2.45) is 0 Å². The van der Waals surface area contributed by atoms with Crippen LogP contribution in [0.25, 0.3) is 0 Å². The molecule has 0 amide bonds. The highest BCUT2D eigenvalue weighted by Gasteiger charge is 2.11. The number of aromatic nitrogens is 2. The quantitative estimate of drug-likeness (QED) is 0.806. The molecule has 6 nitrogen and oxygen atoms in total. The van der Waals surface area contributed by atoms with E-state index in [4.69, 9.17) is 5.26 Å². The molecule has 1 N–H and O–H groups in total. The van der Waals surface area contributed by atoms with Crippen molar-refractivity contribution >= 4 is 0 Å². The predicted octanol–water partition coefficient (Wildman–Crippen LogP) is -0.106. The SMILES string of the molecule is N#Cc1cn(CCCN2CCCC2)c(=O)[nH]c1=O. The zero-order valence-electron chi connectivity index (χ0n) is 10.2. The maximum absolute atomic E-state index is 11.5. The van der Waals surface area contributed by atoms with Gasteiger partial charge in [-0.1, -0.05) is 0 Å². The maximum atomic E-state index is 11.5. The predicted molar refractivity (Wildman–Crippen MR) is 66.3 cm³/mol. The van der Waals surface area contributed by atoms with Gasteiger partial charge < -0.3 is 4.90 Å². The molecule has 0 aliphatic carbocycles. The van der Waals surface area contributed by atoms with Crippen LogP contribution in [0.4, 0.5) is 0 Å². The minimum absolute atomic E-state index is 0.0178. The molecule has 6 heteroatoms. The van der Waals surface area contributed by atoms with Gasteiger partial charge in [-0.3, -0.25) is 14.3 Å². The van der Waals surface area contributed by atoms with Crippen LogP contribution in [-0.4, -0.2) is 34.1 Å². The van der Waals surface area contributed by atoms with Crippen LogP contribution in [0.1, 0.15) is 24.8 Å². The number of hydrogen-bond acceptors (Lipinski definition) is 4. The van der Waals surface area contributed by atoms with Crippen LogP contribution in [-0.2, 0) is 6.54 Å². The Bertz CT molecular complexity index is 561. The second-order valence-corrected chi connectivity index (χ2v) is 4.51. The first-order valence-electron chi connectivity index (χ1n) is 6.17. The molecular weight excluding hydrogens is 232 g/mol. The molecule has 2 heterocycles. The molecule has 1 aromatic rings. The van der Waals surface area contributed by atoms with Crippen LogP contribution in [0.3, 0.4) is 0 Å². The highest BCUT2D eigenvalue weighted by molar-refractivity contribution is 5.21. The van der Waals surface area contributed by atoms with Crippen molar-refractivity contribution in [1.82, 2.24) is 14.5 Å². The van der Waals surface area contributed by atoms with Crippen molar-refractivity contribution in [1.29, 1.82) is 5.26 Å². The summed E-state index contributed by atoms with van der Waals surface area (Å²) in [7, 11) is 0. The number of H-pyrrole nitrogens is 1. The molecule has 0 atom stereocenters. The van der Waals surface area contributed by atoms with Gasteiger partial charge in [0, 0.05) is 12.7 Å². The second-order valence-electron chi connectivity index (χ2n) is 4.51. The fourth-order valence-electron chi connectivity index (χ4n) is 2.23. The number of nitrogens with one attached hydrogen (secondary N) is 1. The van der Waals surface area contributed by atoms with E-state index in [2.05, 4.69) is 9.88 Å². The summed E-state index contributed by atoms with van der Waals surface area (Å²) in [6, 6.07) is 1.78. The molecule has 2 rings (SSSR count). The molecule has 96 valence electrons. The van der Waals surface area contributed by atoms with Gasteiger partial charge in [-0.05, 0) is 38.9 Å². The fraction of sp³-hybridized carbons (Fsp3) is 0.583. The lowest BCUT2D eigenvalue weighted by atomic mass is 10.3. The number of likely N-dealkylation sites (tertiary alicyclic amines) is 1. The zero-order chi connectivity index (χ0) is 13.0. The van der Waals surface area contributed by atoms with Gasteiger partial charge in [0.05, 0.1) is 0 Å². The van der Waals surface area contributed by atoms with E-state index in [0.717, 1.165) is 26.1 Å². The van der Waals surface area contributed by atoms with Crippen LogP contribution < -0.4 is 11.2 Å². The third-order valence-corrected chi connectivity index (χ3v) is 3.20. The van der Waals surface area contributed by atoms with Gasteiger partial charge in [0.25, 0.3) is 5.56 Å². The van der Waals surface area contributed by atoms with E-state index in [0.29, 0.717) is 6.54 Å². The van der Waals surface area contributed by atoms with Crippen molar-refractivity contribution in [2.45, 2.75) is 25.8 Å². The molecule has 1 saturated heterocycles. The van der Waals surface area contributed by atoms with Crippen molar-refractivity contribution in [3.63, 3.8) is 0 Å². The Balaban J connectivity index is 1.98. The van der Waals surface area contributed by atoms with Gasteiger partial charge in [0.1, 0.15) is 11.6 Å². The van der Waals surface area contributed by atoms with Gasteiger partial charge >= 0.3 is 5.69 Å². The van der Waals surface area contributed by atoms with E-state index in [1.54, 1.807) is 6.07 Å². The Kier molecular flexibility index (Phi) is 3.95. The molecule has 0 bridgehead atoms. The third-order valence-electron chi connectivity index (χ3n) is 3.20. The van der Waals surface area contributed by atoms with E-state index in [9.17, 15) is 9.59 Å². The molecule has 0 radical (unpaired) electrons. The topological polar surface area (TPSA) is 81.9 Å². The van der Waals surface area contributed by atoms with Crippen molar-refractivity contribution in [2.75, 3.05) is 19.6 Å². The van der Waals surface area contributed by atoms with Crippen molar-refractivity contribution < 1.29 is 0 Å². The number of nitrogens with zero attached hydrogens (tertiary/aromatic N) is 3. The second kappa shape index (κ2) is 5.65. The molecule has 1 fully saturated rings. The van der Waals surface area contributed by atoms with E-state index < -0.39 is 11.2 Å². The highest BCUT2D eigenvalue weighted by atomic mass is 16.2. The lowest BCUT2D eigenvalue weighted by Gasteiger charge is -2.14. The minimum Gasteiger partial charge on any atom is -0.303 e. The Hall–Kier alpha value is -1.87. The molecule has 1 aliphatic heterocycles. The number of hydrogen-bond donors (Lipinski definition) is 1. The summed E-state index contributed by atoms with van der Waals surface area (Å²) in [4.78, 5) is 27.2. The number of rotatable bonds is 4. The highest BCUT2D eigenvalue weighted by Crippen LogP contribution is 2.07. The van der Waals surface area contributed by atoms with Gasteiger partial charge in [-0.25, -0.2) is 4.79 Å². The fourth-order valence-corrected chi connectivity index (χ4v) is 2.23. The van der Waals surface area contributed by atoms with E-state index in [1.807, 2.05) is 0 Å². The summed E-state index contributed by atoms with van der Waals surface area (Å²) in [5.41, 5.74) is -1.07. The first-order chi connectivity index (χ1) is 8.70. The molecular formula is C12H16N4O2. The van der Waals surface area contributed by atoms with E-state index >= 15 is 0 Å². The van der Waals surface area contributed by atoms with E-state index in [-0.39, 0.29) is 5.56 Å². The first kappa shape index (κ1) is 12.6. The van der Waals surface area contributed by atoms with Crippen LogP contribution in [0.2, 0.25) is 0 Å². The van der Waals surface area contributed by atoms with Gasteiger partial charge in [0.2, 0.25) is 0 Å². The van der Waals surface area contributed by atoms with Crippen LogP contribution in [0, 0.1) is 11.3 Å². The normalized spacial score (nSPS) is 15.7. The largest absolute Gasteiger partial charge is 0.328 e. The average molecular weight is 248 g/mol. The number of aromatic amines is 1. The Morgan fingerprint density at radius 1 is 1.28 bits per heavy atom. The Morgan fingerprint density at radius 3 is 2.67 bits per heavy atom. The summed E-state index contributed by atoms with van der Waals surface area (Å²) in [5, 5.41) is 8.74. The first-order valence-corrected chi connectivity index (χ1v) is 6.17. The molecule has 18 heavy (non-hydrogen) atoms. The molecule has 0 unspecified atom stereocenters. The monoisotopic (exact) mass is 248 g/mol. The Morgan fingerprint density at radius 2 is 2.00 bits per heavy atom. The van der Waals surface area contributed by atoms with Gasteiger partial charge in [-0.15, -0.1) is 0 Å². The smallest absolute Gasteiger partial charge is 0.303 e. The molecule has 0 spiro atoms. The molecule has 1 aromatic heterocycles. The summed E-state index contributed by atoms with van der Waals surface area (Å²) in [6.45, 7) is 3.74. The minimum atomic E-state index is -0.613. The van der Waals surface area contributed by atoms with Crippen molar-refractivity contribution in [3.05, 3.63) is 32.6 Å².